The number of likely N-dealkylation sites (tertiary alicyclic amines) is 1. The number of rotatable bonds is 7. The van der Waals surface area contributed by atoms with Gasteiger partial charge in [-0.15, -0.1) is 0 Å². The molecule has 0 spiro atoms. The van der Waals surface area contributed by atoms with E-state index in [-0.39, 0.29) is 0 Å². The van der Waals surface area contributed by atoms with Crippen LogP contribution >= 0.6 is 0 Å². The van der Waals surface area contributed by atoms with Gasteiger partial charge in [-0.05, 0) is 59.3 Å². The van der Waals surface area contributed by atoms with E-state index in [0.29, 0.717) is 6.04 Å². The van der Waals surface area contributed by atoms with Crippen molar-refractivity contribution in [3.05, 3.63) is 0 Å². The molecule has 0 aliphatic carbocycles. The Bertz CT molecular complexity index is 216. The lowest BCUT2D eigenvalue weighted by Crippen LogP contribution is -2.50. The predicted octanol–water partition coefficient (Wildman–Crippen LogP) is 2.04. The predicted molar refractivity (Wildman–Crippen MR) is 80.1 cm³/mol. The molecular formula is C15H33N3. The van der Waals surface area contributed by atoms with Crippen LogP contribution in [0.2, 0.25) is 0 Å². The molecule has 108 valence electrons. The summed E-state index contributed by atoms with van der Waals surface area (Å²) in [5.41, 5.74) is 0. The monoisotopic (exact) mass is 255 g/mol. The number of nitrogens with zero attached hydrogens (tertiary/aromatic N) is 2. The van der Waals surface area contributed by atoms with Crippen LogP contribution in [0.25, 0.3) is 0 Å². The lowest BCUT2D eigenvalue weighted by molar-refractivity contribution is 0.102. The first-order valence-electron chi connectivity index (χ1n) is 7.62. The Morgan fingerprint density at radius 2 is 2.00 bits per heavy atom. The van der Waals surface area contributed by atoms with Gasteiger partial charge in [0.1, 0.15) is 0 Å². The highest BCUT2D eigenvalue weighted by atomic mass is 15.2. The van der Waals surface area contributed by atoms with Gasteiger partial charge >= 0.3 is 0 Å². The van der Waals surface area contributed by atoms with Crippen LogP contribution in [-0.2, 0) is 0 Å². The molecule has 1 aliphatic rings. The van der Waals surface area contributed by atoms with Crippen molar-refractivity contribution in [1.82, 2.24) is 15.1 Å². The SMILES string of the molecule is CC(C)CCNCC(C)N1CCCC(N(C)C)C1. The first-order chi connectivity index (χ1) is 8.50. The molecule has 3 heteroatoms. The zero-order valence-corrected chi connectivity index (χ0v) is 13.1. The summed E-state index contributed by atoms with van der Waals surface area (Å²) in [4.78, 5) is 5.03. The highest BCUT2D eigenvalue weighted by Gasteiger charge is 2.24. The molecule has 0 aromatic heterocycles. The van der Waals surface area contributed by atoms with Crippen molar-refractivity contribution in [1.29, 1.82) is 0 Å². The molecule has 1 heterocycles. The smallest absolute Gasteiger partial charge is 0.0217 e. The molecule has 0 saturated carbocycles. The van der Waals surface area contributed by atoms with Crippen molar-refractivity contribution in [3.8, 4) is 0 Å². The van der Waals surface area contributed by atoms with Crippen LogP contribution in [0, 0.1) is 5.92 Å². The minimum atomic E-state index is 0.667. The highest BCUT2D eigenvalue weighted by Crippen LogP contribution is 2.15. The maximum atomic E-state index is 3.60. The Morgan fingerprint density at radius 3 is 2.61 bits per heavy atom. The van der Waals surface area contributed by atoms with Crippen LogP contribution < -0.4 is 5.32 Å². The van der Waals surface area contributed by atoms with Gasteiger partial charge in [0.05, 0.1) is 0 Å². The molecule has 3 nitrogen and oxygen atoms in total. The van der Waals surface area contributed by atoms with E-state index in [0.717, 1.165) is 25.0 Å². The van der Waals surface area contributed by atoms with Crippen molar-refractivity contribution in [2.75, 3.05) is 40.3 Å². The summed E-state index contributed by atoms with van der Waals surface area (Å²) < 4.78 is 0. The van der Waals surface area contributed by atoms with Crippen LogP contribution in [0.5, 0.6) is 0 Å². The third-order valence-corrected chi connectivity index (χ3v) is 4.12. The van der Waals surface area contributed by atoms with Crippen LogP contribution in [0.4, 0.5) is 0 Å². The highest BCUT2D eigenvalue weighted by molar-refractivity contribution is 4.81. The summed E-state index contributed by atoms with van der Waals surface area (Å²) in [5.74, 6) is 0.806. The molecule has 1 N–H and O–H groups in total. The number of likely N-dealkylation sites (N-methyl/N-ethyl adjacent to an activating group) is 1. The topological polar surface area (TPSA) is 18.5 Å². The molecular weight excluding hydrogens is 222 g/mol. The van der Waals surface area contributed by atoms with Crippen molar-refractivity contribution in [2.45, 2.75) is 52.1 Å². The van der Waals surface area contributed by atoms with Gasteiger partial charge in [-0.25, -0.2) is 0 Å². The molecule has 0 amide bonds. The van der Waals surface area contributed by atoms with Gasteiger partial charge in [-0.2, -0.15) is 0 Å². The van der Waals surface area contributed by atoms with Crippen molar-refractivity contribution in [3.63, 3.8) is 0 Å². The Hall–Kier alpha value is -0.120. The second kappa shape index (κ2) is 8.13. The standard InChI is InChI=1S/C15H33N3/c1-13(2)8-9-16-11-14(3)18-10-6-7-15(12-18)17(4)5/h13-16H,6-12H2,1-5H3. The minimum Gasteiger partial charge on any atom is -0.315 e. The van der Waals surface area contributed by atoms with Gasteiger partial charge in [0.2, 0.25) is 0 Å². The molecule has 0 radical (unpaired) electrons. The van der Waals surface area contributed by atoms with Crippen LogP contribution in [-0.4, -0.2) is 62.2 Å². The van der Waals surface area contributed by atoms with Crippen LogP contribution in [0.3, 0.4) is 0 Å². The summed E-state index contributed by atoms with van der Waals surface area (Å²) in [6.07, 6.45) is 3.99. The first-order valence-corrected chi connectivity index (χ1v) is 7.62. The molecule has 1 rings (SSSR count). The second-order valence-corrected chi connectivity index (χ2v) is 6.49. The molecule has 2 atom stereocenters. The number of hydrogen-bond donors (Lipinski definition) is 1. The summed E-state index contributed by atoms with van der Waals surface area (Å²) in [5, 5.41) is 3.60. The normalized spacial score (nSPS) is 23.8. The lowest BCUT2D eigenvalue weighted by Gasteiger charge is -2.39. The third kappa shape index (κ3) is 5.68. The van der Waals surface area contributed by atoms with Gasteiger partial charge in [-0.3, -0.25) is 4.90 Å². The van der Waals surface area contributed by atoms with E-state index >= 15 is 0 Å². The fourth-order valence-electron chi connectivity index (χ4n) is 2.64. The van der Waals surface area contributed by atoms with Crippen molar-refractivity contribution < 1.29 is 0 Å². The molecule has 1 fully saturated rings. The quantitative estimate of drug-likeness (QED) is 0.702. The molecule has 0 aromatic rings. The van der Waals surface area contributed by atoms with Gasteiger partial charge in [-0.1, -0.05) is 13.8 Å². The second-order valence-electron chi connectivity index (χ2n) is 6.49. The summed E-state index contributed by atoms with van der Waals surface area (Å²) in [6, 6.07) is 1.41. The van der Waals surface area contributed by atoms with Crippen LogP contribution in [0.1, 0.15) is 40.0 Å². The number of nitrogens with one attached hydrogen (secondary N) is 1. The van der Waals surface area contributed by atoms with E-state index in [2.05, 4.69) is 50.0 Å². The maximum absolute atomic E-state index is 3.60. The summed E-state index contributed by atoms with van der Waals surface area (Å²) in [6.45, 7) is 11.7. The lowest BCUT2D eigenvalue weighted by atomic mass is 10.0. The largest absolute Gasteiger partial charge is 0.315 e. The number of hydrogen-bond acceptors (Lipinski definition) is 3. The zero-order chi connectivity index (χ0) is 13.5. The molecule has 1 aliphatic heterocycles. The summed E-state index contributed by atoms with van der Waals surface area (Å²) in [7, 11) is 4.42. The van der Waals surface area contributed by atoms with Crippen LogP contribution in [0.15, 0.2) is 0 Å². The minimum absolute atomic E-state index is 0.667. The van der Waals surface area contributed by atoms with Gasteiger partial charge < -0.3 is 10.2 Å². The van der Waals surface area contributed by atoms with Gasteiger partial charge in [0.25, 0.3) is 0 Å². The van der Waals surface area contributed by atoms with E-state index in [1.165, 1.54) is 32.4 Å². The zero-order valence-electron chi connectivity index (χ0n) is 13.1. The maximum Gasteiger partial charge on any atom is 0.0217 e. The Balaban J connectivity index is 2.22. The molecule has 0 aromatic carbocycles. The fourth-order valence-corrected chi connectivity index (χ4v) is 2.64. The Labute approximate surface area is 114 Å². The van der Waals surface area contributed by atoms with E-state index < -0.39 is 0 Å². The third-order valence-electron chi connectivity index (χ3n) is 4.12. The molecule has 0 bridgehead atoms. The van der Waals surface area contributed by atoms with Gasteiger partial charge in [0, 0.05) is 25.2 Å². The Kier molecular flexibility index (Phi) is 7.20. The first kappa shape index (κ1) is 15.9. The van der Waals surface area contributed by atoms with Gasteiger partial charge in [0.15, 0.2) is 0 Å². The molecule has 2 unspecified atom stereocenters. The van der Waals surface area contributed by atoms with E-state index in [4.69, 9.17) is 0 Å². The summed E-state index contributed by atoms with van der Waals surface area (Å²) >= 11 is 0. The van der Waals surface area contributed by atoms with Crippen molar-refractivity contribution in [2.24, 2.45) is 5.92 Å². The van der Waals surface area contributed by atoms with E-state index in [1.807, 2.05) is 0 Å². The fraction of sp³-hybridized carbons (Fsp3) is 1.00. The number of piperidine rings is 1. The molecule has 18 heavy (non-hydrogen) atoms. The average Bonchev–Trinajstić information content (AvgIpc) is 2.34. The van der Waals surface area contributed by atoms with Crippen molar-refractivity contribution >= 4 is 0 Å². The molecule has 1 saturated heterocycles. The van der Waals surface area contributed by atoms with E-state index in [9.17, 15) is 0 Å². The average molecular weight is 255 g/mol. The Morgan fingerprint density at radius 1 is 1.28 bits per heavy atom. The van der Waals surface area contributed by atoms with E-state index in [1.54, 1.807) is 0 Å².